The third-order valence-corrected chi connectivity index (χ3v) is 3.45. The lowest BCUT2D eigenvalue weighted by Gasteiger charge is -2.08. The molecule has 1 amide bonds. The second-order valence-corrected chi connectivity index (χ2v) is 5.33. The van der Waals surface area contributed by atoms with Crippen molar-refractivity contribution in [1.82, 2.24) is 0 Å². The number of benzene rings is 2. The van der Waals surface area contributed by atoms with Gasteiger partial charge in [-0.3, -0.25) is 4.79 Å². The number of carbonyl (C=O) groups is 1. The molecule has 0 aliphatic rings. The van der Waals surface area contributed by atoms with Crippen molar-refractivity contribution in [3.8, 4) is 5.75 Å². The van der Waals surface area contributed by atoms with Gasteiger partial charge in [-0.25, -0.2) is 0 Å². The second-order valence-electron chi connectivity index (χ2n) is 4.93. The molecule has 4 heteroatoms. The molecule has 0 aliphatic carbocycles. The SMILES string of the molecule is Cc1cccc(OCCC(=O)Nc2ccc(C)c(Cl)c2)c1. The number of halogens is 1. The Labute approximate surface area is 129 Å². The monoisotopic (exact) mass is 303 g/mol. The fraction of sp³-hybridized carbons (Fsp3) is 0.235. The van der Waals surface area contributed by atoms with Crippen molar-refractivity contribution in [2.24, 2.45) is 0 Å². The molecule has 0 aliphatic heterocycles. The predicted octanol–water partition coefficient (Wildman–Crippen LogP) is 4.36. The van der Waals surface area contributed by atoms with Crippen LogP contribution in [0.3, 0.4) is 0 Å². The highest BCUT2D eigenvalue weighted by atomic mass is 35.5. The molecule has 0 heterocycles. The van der Waals surface area contributed by atoms with Gasteiger partial charge in [0.2, 0.25) is 5.91 Å². The third-order valence-electron chi connectivity index (χ3n) is 3.04. The number of rotatable bonds is 5. The van der Waals surface area contributed by atoms with E-state index in [0.29, 0.717) is 23.7 Å². The molecule has 2 rings (SSSR count). The van der Waals surface area contributed by atoms with Gasteiger partial charge in [-0.05, 0) is 49.2 Å². The van der Waals surface area contributed by atoms with Crippen molar-refractivity contribution in [3.63, 3.8) is 0 Å². The molecule has 21 heavy (non-hydrogen) atoms. The maximum Gasteiger partial charge on any atom is 0.227 e. The van der Waals surface area contributed by atoms with Crippen LogP contribution in [0, 0.1) is 13.8 Å². The van der Waals surface area contributed by atoms with Gasteiger partial charge >= 0.3 is 0 Å². The molecule has 110 valence electrons. The fourth-order valence-corrected chi connectivity index (χ4v) is 2.04. The van der Waals surface area contributed by atoms with Crippen LogP contribution in [0.5, 0.6) is 5.75 Å². The summed E-state index contributed by atoms with van der Waals surface area (Å²) in [6, 6.07) is 13.2. The van der Waals surface area contributed by atoms with Crippen LogP contribution in [0.25, 0.3) is 0 Å². The summed E-state index contributed by atoms with van der Waals surface area (Å²) in [5, 5.41) is 3.45. The van der Waals surface area contributed by atoms with E-state index in [1.165, 1.54) is 0 Å². The lowest BCUT2D eigenvalue weighted by atomic mass is 10.2. The smallest absolute Gasteiger partial charge is 0.227 e. The molecule has 0 aromatic heterocycles. The molecule has 0 radical (unpaired) electrons. The molecule has 0 saturated heterocycles. The van der Waals surface area contributed by atoms with Crippen molar-refractivity contribution in [1.29, 1.82) is 0 Å². The van der Waals surface area contributed by atoms with E-state index in [1.54, 1.807) is 6.07 Å². The molecule has 1 N–H and O–H groups in total. The molecular formula is C17H18ClNO2. The number of aryl methyl sites for hydroxylation is 2. The van der Waals surface area contributed by atoms with Gasteiger partial charge in [0, 0.05) is 10.7 Å². The summed E-state index contributed by atoms with van der Waals surface area (Å²) in [4.78, 5) is 11.8. The van der Waals surface area contributed by atoms with Crippen LogP contribution in [0.15, 0.2) is 42.5 Å². The van der Waals surface area contributed by atoms with Crippen LogP contribution in [0.2, 0.25) is 5.02 Å². The van der Waals surface area contributed by atoms with E-state index in [4.69, 9.17) is 16.3 Å². The van der Waals surface area contributed by atoms with Crippen LogP contribution in [0.1, 0.15) is 17.5 Å². The molecule has 2 aromatic rings. The van der Waals surface area contributed by atoms with Crippen molar-refractivity contribution in [2.45, 2.75) is 20.3 Å². The van der Waals surface area contributed by atoms with E-state index in [1.807, 2.05) is 50.2 Å². The molecule has 0 unspecified atom stereocenters. The van der Waals surface area contributed by atoms with Gasteiger partial charge in [0.25, 0.3) is 0 Å². The Morgan fingerprint density at radius 2 is 2.00 bits per heavy atom. The van der Waals surface area contributed by atoms with E-state index in [2.05, 4.69) is 5.32 Å². The summed E-state index contributed by atoms with van der Waals surface area (Å²) in [7, 11) is 0. The molecule has 3 nitrogen and oxygen atoms in total. The van der Waals surface area contributed by atoms with Crippen molar-refractivity contribution in [3.05, 3.63) is 58.6 Å². The van der Waals surface area contributed by atoms with Crippen LogP contribution in [-0.2, 0) is 4.79 Å². The number of ether oxygens (including phenoxy) is 1. The molecular weight excluding hydrogens is 286 g/mol. The Kier molecular flexibility index (Phi) is 5.23. The quantitative estimate of drug-likeness (QED) is 0.891. The normalized spacial score (nSPS) is 10.2. The average molecular weight is 304 g/mol. The van der Waals surface area contributed by atoms with Gasteiger partial charge in [-0.2, -0.15) is 0 Å². The minimum absolute atomic E-state index is 0.0948. The molecule has 2 aromatic carbocycles. The summed E-state index contributed by atoms with van der Waals surface area (Å²) < 4.78 is 5.55. The average Bonchev–Trinajstić information content (AvgIpc) is 2.43. The van der Waals surface area contributed by atoms with Gasteiger partial charge in [0.1, 0.15) is 5.75 Å². The highest BCUT2D eigenvalue weighted by molar-refractivity contribution is 6.31. The van der Waals surface area contributed by atoms with E-state index < -0.39 is 0 Å². The summed E-state index contributed by atoms with van der Waals surface area (Å²) >= 11 is 6.02. The first-order chi connectivity index (χ1) is 10.0. The maximum absolute atomic E-state index is 11.8. The van der Waals surface area contributed by atoms with Crippen molar-refractivity contribution in [2.75, 3.05) is 11.9 Å². The van der Waals surface area contributed by atoms with Gasteiger partial charge in [-0.15, -0.1) is 0 Å². The zero-order valence-corrected chi connectivity index (χ0v) is 12.9. The summed E-state index contributed by atoms with van der Waals surface area (Å²) in [5.74, 6) is 0.684. The Hall–Kier alpha value is -2.00. The van der Waals surface area contributed by atoms with E-state index in [9.17, 15) is 4.79 Å². The Bertz CT molecular complexity index is 640. The van der Waals surface area contributed by atoms with E-state index in [0.717, 1.165) is 16.9 Å². The van der Waals surface area contributed by atoms with Crippen molar-refractivity contribution >= 4 is 23.2 Å². The Balaban J connectivity index is 1.81. The van der Waals surface area contributed by atoms with Gasteiger partial charge in [0.05, 0.1) is 13.0 Å². The van der Waals surface area contributed by atoms with Crippen molar-refractivity contribution < 1.29 is 9.53 Å². The first-order valence-electron chi connectivity index (χ1n) is 6.80. The fourth-order valence-electron chi connectivity index (χ4n) is 1.86. The third kappa shape index (κ3) is 4.80. The maximum atomic E-state index is 11.8. The summed E-state index contributed by atoms with van der Waals surface area (Å²) in [5.41, 5.74) is 2.81. The largest absolute Gasteiger partial charge is 0.493 e. The number of anilines is 1. The number of nitrogens with one attached hydrogen (secondary N) is 1. The van der Waals surface area contributed by atoms with Crippen LogP contribution >= 0.6 is 11.6 Å². The minimum atomic E-state index is -0.0948. The van der Waals surface area contributed by atoms with Gasteiger partial charge < -0.3 is 10.1 Å². The van der Waals surface area contributed by atoms with Gasteiger partial charge in [-0.1, -0.05) is 29.8 Å². The first-order valence-corrected chi connectivity index (χ1v) is 7.18. The highest BCUT2D eigenvalue weighted by Crippen LogP contribution is 2.20. The van der Waals surface area contributed by atoms with Crippen LogP contribution < -0.4 is 10.1 Å². The van der Waals surface area contributed by atoms with Crippen LogP contribution in [-0.4, -0.2) is 12.5 Å². The first kappa shape index (κ1) is 15.4. The lowest BCUT2D eigenvalue weighted by molar-refractivity contribution is -0.116. The predicted molar refractivity (Wildman–Crippen MR) is 86.1 cm³/mol. The standard InChI is InChI=1S/C17H18ClNO2/c1-12-4-3-5-15(10-12)21-9-8-17(20)19-14-7-6-13(2)16(18)11-14/h3-7,10-11H,8-9H2,1-2H3,(H,19,20). The molecule has 0 spiro atoms. The lowest BCUT2D eigenvalue weighted by Crippen LogP contribution is -2.15. The highest BCUT2D eigenvalue weighted by Gasteiger charge is 2.04. The Morgan fingerprint density at radius 3 is 2.71 bits per heavy atom. The van der Waals surface area contributed by atoms with Crippen LogP contribution in [0.4, 0.5) is 5.69 Å². The number of amides is 1. The Morgan fingerprint density at radius 1 is 1.19 bits per heavy atom. The topological polar surface area (TPSA) is 38.3 Å². The number of hydrogen-bond acceptors (Lipinski definition) is 2. The molecule has 0 fully saturated rings. The zero-order chi connectivity index (χ0) is 15.2. The van der Waals surface area contributed by atoms with E-state index >= 15 is 0 Å². The number of carbonyl (C=O) groups excluding carboxylic acids is 1. The van der Waals surface area contributed by atoms with Gasteiger partial charge in [0.15, 0.2) is 0 Å². The summed E-state index contributed by atoms with van der Waals surface area (Å²) in [6.07, 6.45) is 0.291. The zero-order valence-electron chi connectivity index (χ0n) is 12.2. The number of hydrogen-bond donors (Lipinski definition) is 1. The van der Waals surface area contributed by atoms with E-state index in [-0.39, 0.29) is 5.91 Å². The second kappa shape index (κ2) is 7.14. The minimum Gasteiger partial charge on any atom is -0.493 e. The molecule has 0 atom stereocenters. The summed E-state index contributed by atoms with van der Waals surface area (Å²) in [6.45, 7) is 4.26. The molecule has 0 bridgehead atoms. The molecule has 0 saturated carbocycles.